The SMILES string of the molecule is CCCC1CCN(C(=O)c2n[nH]c(C)c2S(=O)(=O)Cl)CC1. The molecule has 1 aliphatic heterocycles. The smallest absolute Gasteiger partial charge is 0.275 e. The van der Waals surface area contributed by atoms with Gasteiger partial charge in [0, 0.05) is 23.8 Å². The van der Waals surface area contributed by atoms with E-state index in [0.717, 1.165) is 19.3 Å². The van der Waals surface area contributed by atoms with Crippen molar-refractivity contribution in [2.75, 3.05) is 13.1 Å². The predicted octanol–water partition coefficient (Wildman–Crippen LogP) is 2.30. The van der Waals surface area contributed by atoms with Gasteiger partial charge in [0.15, 0.2) is 5.69 Å². The second-order valence-electron chi connectivity index (χ2n) is 5.49. The van der Waals surface area contributed by atoms with Crippen LogP contribution in [0.1, 0.15) is 48.8 Å². The first kappa shape index (κ1) is 16.3. The Kier molecular flexibility index (Phi) is 4.93. The number of hydrogen-bond acceptors (Lipinski definition) is 4. The summed E-state index contributed by atoms with van der Waals surface area (Å²) >= 11 is 0. The minimum Gasteiger partial charge on any atom is -0.337 e. The molecule has 1 aliphatic rings. The number of carbonyl (C=O) groups excluding carboxylic acids is 1. The van der Waals surface area contributed by atoms with Crippen LogP contribution in [0.5, 0.6) is 0 Å². The van der Waals surface area contributed by atoms with Crippen molar-refractivity contribution in [1.29, 1.82) is 0 Å². The molecule has 8 heteroatoms. The van der Waals surface area contributed by atoms with Crippen LogP contribution in [0.3, 0.4) is 0 Å². The number of amides is 1. The number of nitrogens with zero attached hydrogens (tertiary/aromatic N) is 2. The summed E-state index contributed by atoms with van der Waals surface area (Å²) in [6.45, 7) is 4.96. The first-order valence-corrected chi connectivity index (χ1v) is 9.44. The minimum absolute atomic E-state index is 0.101. The van der Waals surface area contributed by atoms with Gasteiger partial charge >= 0.3 is 0 Å². The van der Waals surface area contributed by atoms with Crippen molar-refractivity contribution in [3.05, 3.63) is 11.4 Å². The number of nitrogens with one attached hydrogen (secondary N) is 1. The molecule has 1 fully saturated rings. The second kappa shape index (κ2) is 6.36. The molecule has 1 aromatic heterocycles. The van der Waals surface area contributed by atoms with Gasteiger partial charge < -0.3 is 4.90 Å². The first-order valence-electron chi connectivity index (χ1n) is 7.13. The zero-order valence-electron chi connectivity index (χ0n) is 12.2. The molecule has 1 N–H and O–H groups in total. The van der Waals surface area contributed by atoms with Gasteiger partial charge in [-0.15, -0.1) is 0 Å². The van der Waals surface area contributed by atoms with Gasteiger partial charge in [0.2, 0.25) is 0 Å². The summed E-state index contributed by atoms with van der Waals surface area (Å²) in [6.07, 6.45) is 4.22. The molecule has 118 valence electrons. The number of hydrogen-bond donors (Lipinski definition) is 1. The molecular weight excluding hydrogens is 314 g/mol. The van der Waals surface area contributed by atoms with Gasteiger partial charge in [0.1, 0.15) is 4.90 Å². The van der Waals surface area contributed by atoms with Crippen molar-refractivity contribution in [1.82, 2.24) is 15.1 Å². The fraction of sp³-hybridized carbons (Fsp3) is 0.692. The summed E-state index contributed by atoms with van der Waals surface area (Å²) < 4.78 is 23.2. The van der Waals surface area contributed by atoms with E-state index in [2.05, 4.69) is 17.1 Å². The number of aryl methyl sites for hydroxylation is 1. The van der Waals surface area contributed by atoms with Crippen molar-refractivity contribution < 1.29 is 13.2 Å². The molecule has 6 nitrogen and oxygen atoms in total. The molecule has 0 bridgehead atoms. The predicted molar refractivity (Wildman–Crippen MR) is 79.9 cm³/mol. The van der Waals surface area contributed by atoms with Gasteiger partial charge in [-0.25, -0.2) is 8.42 Å². The number of aromatic amines is 1. The summed E-state index contributed by atoms with van der Waals surface area (Å²) in [4.78, 5) is 13.9. The third kappa shape index (κ3) is 3.58. The number of aromatic nitrogens is 2. The lowest BCUT2D eigenvalue weighted by molar-refractivity contribution is 0.0676. The average molecular weight is 334 g/mol. The Morgan fingerprint density at radius 1 is 1.43 bits per heavy atom. The fourth-order valence-electron chi connectivity index (χ4n) is 2.84. The van der Waals surface area contributed by atoms with Crippen molar-refractivity contribution in [3.8, 4) is 0 Å². The summed E-state index contributed by atoms with van der Waals surface area (Å²) in [5.41, 5.74) is 0.186. The molecule has 1 saturated heterocycles. The zero-order valence-corrected chi connectivity index (χ0v) is 13.8. The number of H-pyrrole nitrogens is 1. The van der Waals surface area contributed by atoms with E-state index in [-0.39, 0.29) is 22.2 Å². The Balaban J connectivity index is 2.16. The monoisotopic (exact) mass is 333 g/mol. The lowest BCUT2D eigenvalue weighted by Crippen LogP contribution is -2.39. The summed E-state index contributed by atoms with van der Waals surface area (Å²) in [5.74, 6) is 0.282. The molecule has 0 aliphatic carbocycles. The van der Waals surface area contributed by atoms with Gasteiger partial charge in [-0.2, -0.15) is 5.10 Å². The van der Waals surface area contributed by atoms with Crippen LogP contribution in [-0.4, -0.2) is 42.5 Å². The van der Waals surface area contributed by atoms with Gasteiger partial charge in [-0.3, -0.25) is 9.89 Å². The van der Waals surface area contributed by atoms with E-state index in [1.54, 1.807) is 4.90 Å². The maximum atomic E-state index is 12.5. The van der Waals surface area contributed by atoms with Crippen molar-refractivity contribution in [2.45, 2.75) is 44.4 Å². The quantitative estimate of drug-likeness (QED) is 0.857. The number of piperidine rings is 1. The van der Waals surface area contributed by atoms with E-state index in [9.17, 15) is 13.2 Å². The van der Waals surface area contributed by atoms with Crippen LogP contribution in [0.4, 0.5) is 0 Å². The van der Waals surface area contributed by atoms with Gasteiger partial charge in [-0.05, 0) is 25.7 Å². The molecule has 1 aromatic rings. The normalized spacial score (nSPS) is 17.2. The van der Waals surface area contributed by atoms with Crippen LogP contribution in [0, 0.1) is 12.8 Å². The van der Waals surface area contributed by atoms with E-state index in [1.807, 2.05) is 0 Å². The molecular formula is C13H20ClN3O3S. The molecule has 0 unspecified atom stereocenters. The van der Waals surface area contributed by atoms with Crippen LogP contribution in [-0.2, 0) is 9.05 Å². The Hall–Kier alpha value is -1.08. The third-order valence-corrected chi connectivity index (χ3v) is 5.39. The molecule has 0 radical (unpaired) electrons. The zero-order chi connectivity index (χ0) is 15.6. The van der Waals surface area contributed by atoms with E-state index in [1.165, 1.54) is 13.3 Å². The van der Waals surface area contributed by atoms with Crippen LogP contribution in [0.25, 0.3) is 0 Å². The van der Waals surface area contributed by atoms with Crippen LogP contribution >= 0.6 is 10.7 Å². The van der Waals surface area contributed by atoms with E-state index < -0.39 is 9.05 Å². The Bertz CT molecular complexity index is 619. The largest absolute Gasteiger partial charge is 0.337 e. The molecule has 1 amide bonds. The average Bonchev–Trinajstić information content (AvgIpc) is 2.81. The number of rotatable bonds is 4. The second-order valence-corrected chi connectivity index (χ2v) is 7.99. The molecule has 0 spiro atoms. The summed E-state index contributed by atoms with van der Waals surface area (Å²) in [7, 11) is 1.41. The standard InChI is InChI=1S/C13H20ClN3O3S/c1-3-4-10-5-7-17(8-6-10)13(18)11-12(21(14,19)20)9(2)15-16-11/h10H,3-8H2,1-2H3,(H,15,16). The van der Waals surface area contributed by atoms with Gasteiger partial charge in [-0.1, -0.05) is 19.8 Å². The molecule has 0 atom stereocenters. The van der Waals surface area contributed by atoms with E-state index in [0.29, 0.717) is 19.0 Å². The molecule has 0 aromatic carbocycles. The maximum Gasteiger partial charge on any atom is 0.275 e. The molecule has 0 saturated carbocycles. The summed E-state index contributed by atoms with van der Waals surface area (Å²) in [5, 5.41) is 6.36. The van der Waals surface area contributed by atoms with Crippen molar-refractivity contribution in [2.24, 2.45) is 5.92 Å². The highest BCUT2D eigenvalue weighted by atomic mass is 35.7. The van der Waals surface area contributed by atoms with Crippen molar-refractivity contribution in [3.63, 3.8) is 0 Å². The highest BCUT2D eigenvalue weighted by molar-refractivity contribution is 8.13. The topological polar surface area (TPSA) is 83.1 Å². The molecule has 2 heterocycles. The first-order chi connectivity index (χ1) is 9.84. The van der Waals surface area contributed by atoms with Crippen LogP contribution < -0.4 is 0 Å². The van der Waals surface area contributed by atoms with Crippen LogP contribution in [0.2, 0.25) is 0 Å². The lowest BCUT2D eigenvalue weighted by atomic mass is 9.92. The number of likely N-dealkylation sites (tertiary alicyclic amines) is 1. The number of halogens is 1. The minimum atomic E-state index is -3.99. The Labute approximate surface area is 129 Å². The maximum absolute atomic E-state index is 12.5. The van der Waals surface area contributed by atoms with E-state index in [4.69, 9.17) is 10.7 Å². The van der Waals surface area contributed by atoms with Crippen LogP contribution in [0.15, 0.2) is 4.90 Å². The number of carbonyl (C=O) groups is 1. The Morgan fingerprint density at radius 2 is 2.05 bits per heavy atom. The summed E-state index contributed by atoms with van der Waals surface area (Å²) in [6, 6.07) is 0. The third-order valence-electron chi connectivity index (χ3n) is 3.94. The molecule has 2 rings (SSSR count). The highest BCUT2D eigenvalue weighted by Crippen LogP contribution is 2.26. The molecule has 21 heavy (non-hydrogen) atoms. The van der Waals surface area contributed by atoms with Gasteiger partial charge in [0.25, 0.3) is 15.0 Å². The van der Waals surface area contributed by atoms with Gasteiger partial charge in [0.05, 0.1) is 5.69 Å². The van der Waals surface area contributed by atoms with Crippen molar-refractivity contribution >= 4 is 25.6 Å². The highest BCUT2D eigenvalue weighted by Gasteiger charge is 2.31. The Morgan fingerprint density at radius 3 is 2.57 bits per heavy atom. The fourth-order valence-corrected chi connectivity index (χ4v) is 4.19. The lowest BCUT2D eigenvalue weighted by Gasteiger charge is -2.31. The van der Waals surface area contributed by atoms with E-state index >= 15 is 0 Å².